The van der Waals surface area contributed by atoms with Crippen LogP contribution in [0, 0.1) is 23.3 Å². The number of aromatic nitrogens is 2. The van der Waals surface area contributed by atoms with Crippen molar-refractivity contribution in [2.24, 2.45) is 0 Å². The molecule has 0 N–H and O–H groups in total. The van der Waals surface area contributed by atoms with Gasteiger partial charge in [0.05, 0.1) is 17.2 Å². The second-order valence-corrected chi connectivity index (χ2v) is 8.01. The Kier molecular flexibility index (Phi) is 8.12. The summed E-state index contributed by atoms with van der Waals surface area (Å²) in [7, 11) is 0. The van der Waals surface area contributed by atoms with E-state index in [1.807, 2.05) is 30.3 Å². The molecule has 0 aliphatic heterocycles. The molecular formula is C30H20F4N2Ti-6. The van der Waals surface area contributed by atoms with Gasteiger partial charge in [-0.2, -0.15) is 0 Å². The van der Waals surface area contributed by atoms with Crippen LogP contribution in [-0.2, 0) is 21.7 Å². The fraction of sp³-hybridized carbons (Fsp3) is 0. The first-order valence-electron chi connectivity index (χ1n) is 11.2. The molecule has 0 bridgehead atoms. The third-order valence-corrected chi connectivity index (χ3v) is 5.82. The SMILES string of the molecule is Fc1ccc(-n2cccc2)c(F)c1-c1ccc[c-]1-c1c(F)ccc(-n2cccc2)c1F.[Ti].[cH-]1[cH-][cH-][cH-][cH-]1. The normalized spacial score (nSPS) is 10.5. The fourth-order valence-electron chi connectivity index (χ4n) is 4.14. The first kappa shape index (κ1) is 26.2. The number of benzene rings is 2. The molecule has 6 rings (SSSR count). The maximum atomic E-state index is 15.4. The van der Waals surface area contributed by atoms with Gasteiger partial charge in [0.25, 0.3) is 0 Å². The third-order valence-electron chi connectivity index (χ3n) is 5.82. The van der Waals surface area contributed by atoms with E-state index in [0.717, 1.165) is 12.1 Å². The Morgan fingerprint density at radius 2 is 1.05 bits per heavy atom. The Balaban J connectivity index is 0.000000479. The molecule has 37 heavy (non-hydrogen) atoms. The zero-order valence-corrected chi connectivity index (χ0v) is 21.0. The summed E-state index contributed by atoms with van der Waals surface area (Å²) in [6.07, 6.45) is 6.52. The molecule has 188 valence electrons. The second kappa shape index (κ2) is 11.5. The number of hydrogen-bond acceptors (Lipinski definition) is 0. The van der Waals surface area contributed by atoms with Gasteiger partial charge in [0.1, 0.15) is 17.5 Å². The molecule has 0 radical (unpaired) electrons. The van der Waals surface area contributed by atoms with E-state index in [-0.39, 0.29) is 55.3 Å². The zero-order chi connectivity index (χ0) is 25.1. The summed E-state index contributed by atoms with van der Waals surface area (Å²) < 4.78 is 63.4. The van der Waals surface area contributed by atoms with Crippen LogP contribution in [0.15, 0.2) is 122 Å². The third kappa shape index (κ3) is 5.17. The van der Waals surface area contributed by atoms with E-state index in [9.17, 15) is 8.78 Å². The van der Waals surface area contributed by atoms with E-state index in [1.54, 1.807) is 49.1 Å². The quantitative estimate of drug-likeness (QED) is 0.123. The average Bonchev–Trinajstić information content (AvgIpc) is 3.69. The van der Waals surface area contributed by atoms with E-state index in [4.69, 9.17) is 0 Å². The Bertz CT molecular complexity index is 1440. The molecule has 7 heteroatoms. The Morgan fingerprint density at radius 3 is 1.59 bits per heavy atom. The first-order valence-corrected chi connectivity index (χ1v) is 11.2. The summed E-state index contributed by atoms with van der Waals surface area (Å²) in [6.45, 7) is 0. The smallest absolute Gasteiger partial charge is 0.130 e. The van der Waals surface area contributed by atoms with Crippen molar-refractivity contribution in [3.05, 3.63) is 145 Å². The molecule has 0 atom stereocenters. The van der Waals surface area contributed by atoms with Gasteiger partial charge in [-0.25, -0.2) is 17.6 Å². The molecule has 0 amide bonds. The molecule has 0 spiro atoms. The molecule has 0 saturated heterocycles. The summed E-state index contributed by atoms with van der Waals surface area (Å²) in [6, 6.07) is 26.2. The molecule has 2 aromatic heterocycles. The van der Waals surface area contributed by atoms with Crippen molar-refractivity contribution in [2.45, 2.75) is 0 Å². The van der Waals surface area contributed by atoms with Crippen molar-refractivity contribution >= 4 is 0 Å². The molecule has 2 heterocycles. The van der Waals surface area contributed by atoms with Gasteiger partial charge in [0.15, 0.2) is 0 Å². The maximum Gasteiger partial charge on any atom is 0.130 e. The van der Waals surface area contributed by atoms with Crippen LogP contribution in [0.2, 0.25) is 0 Å². The number of hydrogen-bond donors (Lipinski definition) is 0. The maximum absolute atomic E-state index is 15.4. The van der Waals surface area contributed by atoms with Crippen LogP contribution < -0.4 is 0 Å². The Hall–Kier alpha value is -3.87. The van der Waals surface area contributed by atoms with Gasteiger partial charge in [0, 0.05) is 52.1 Å². The summed E-state index contributed by atoms with van der Waals surface area (Å²) in [4.78, 5) is 0. The van der Waals surface area contributed by atoms with E-state index in [0.29, 0.717) is 0 Å². The molecule has 0 unspecified atom stereocenters. The van der Waals surface area contributed by atoms with Crippen LogP contribution in [0.4, 0.5) is 17.6 Å². The minimum absolute atomic E-state index is 0. The molecule has 0 fully saturated rings. The predicted molar refractivity (Wildman–Crippen MR) is 133 cm³/mol. The minimum Gasteiger partial charge on any atom is -0.748 e. The molecule has 0 aliphatic rings. The van der Waals surface area contributed by atoms with Gasteiger partial charge in [0.2, 0.25) is 0 Å². The van der Waals surface area contributed by atoms with Crippen molar-refractivity contribution in [1.82, 2.24) is 9.13 Å². The van der Waals surface area contributed by atoms with Crippen molar-refractivity contribution in [1.29, 1.82) is 0 Å². The van der Waals surface area contributed by atoms with Crippen LogP contribution >= 0.6 is 0 Å². The van der Waals surface area contributed by atoms with Crippen molar-refractivity contribution in [3.8, 4) is 33.6 Å². The van der Waals surface area contributed by atoms with Crippen molar-refractivity contribution < 1.29 is 39.3 Å². The van der Waals surface area contributed by atoms with Gasteiger partial charge in [-0.05, 0) is 48.0 Å². The van der Waals surface area contributed by atoms with Gasteiger partial charge < -0.3 is 39.5 Å². The summed E-state index contributed by atoms with van der Waals surface area (Å²) in [5.74, 6) is -3.26. The molecule has 0 saturated carbocycles. The summed E-state index contributed by atoms with van der Waals surface area (Å²) >= 11 is 0. The van der Waals surface area contributed by atoms with Gasteiger partial charge in [-0.15, -0.1) is 18.2 Å². The molecular weight excluding hydrogens is 512 g/mol. The van der Waals surface area contributed by atoms with E-state index < -0.39 is 23.3 Å². The predicted octanol–water partition coefficient (Wildman–Crippen LogP) is 8.28. The van der Waals surface area contributed by atoms with E-state index in [2.05, 4.69) is 0 Å². The van der Waals surface area contributed by atoms with Crippen LogP contribution in [0.3, 0.4) is 0 Å². The zero-order valence-electron chi connectivity index (χ0n) is 19.5. The molecule has 2 nitrogen and oxygen atoms in total. The number of rotatable bonds is 4. The molecule has 0 aliphatic carbocycles. The van der Waals surface area contributed by atoms with Crippen LogP contribution in [-0.4, -0.2) is 9.13 Å². The number of nitrogens with zero attached hydrogens (tertiary/aromatic N) is 2. The van der Waals surface area contributed by atoms with Crippen LogP contribution in [0.5, 0.6) is 0 Å². The fourth-order valence-corrected chi connectivity index (χ4v) is 4.14. The van der Waals surface area contributed by atoms with E-state index in [1.165, 1.54) is 39.5 Å². The molecule has 4 aromatic carbocycles. The summed E-state index contributed by atoms with van der Waals surface area (Å²) in [5, 5.41) is 0. The monoisotopic (exact) mass is 532 g/mol. The first-order chi connectivity index (χ1) is 17.6. The van der Waals surface area contributed by atoms with E-state index >= 15 is 8.78 Å². The van der Waals surface area contributed by atoms with Gasteiger partial charge in [-0.1, -0.05) is 17.2 Å². The largest absolute Gasteiger partial charge is 0.748 e. The topological polar surface area (TPSA) is 9.86 Å². The van der Waals surface area contributed by atoms with Crippen molar-refractivity contribution in [3.63, 3.8) is 0 Å². The molecule has 6 aromatic rings. The van der Waals surface area contributed by atoms with Crippen molar-refractivity contribution in [2.75, 3.05) is 0 Å². The van der Waals surface area contributed by atoms with Gasteiger partial charge in [-0.3, -0.25) is 0 Å². The van der Waals surface area contributed by atoms with Crippen LogP contribution in [0.1, 0.15) is 0 Å². The van der Waals surface area contributed by atoms with Gasteiger partial charge >= 0.3 is 0 Å². The average molecular weight is 532 g/mol. The second-order valence-electron chi connectivity index (χ2n) is 8.01. The van der Waals surface area contributed by atoms with Crippen LogP contribution in [0.25, 0.3) is 33.6 Å². The minimum atomic E-state index is -0.816. The standard InChI is InChI=1S/C25H15F4N2.C5H5.Ti/c26-18-8-10-20(30-12-1-2-13-30)24(28)22(18)16-6-5-7-17(16)23-19(27)9-11-21(25(23)29)31-14-3-4-15-31;1-2-4-5-3-1;/h1-15H;1-5H;/q-1;-5;. The summed E-state index contributed by atoms with van der Waals surface area (Å²) in [5.41, 5.74) is -0.253. The number of halogens is 4. The Labute approximate surface area is 226 Å². The Morgan fingerprint density at radius 1 is 0.568 bits per heavy atom.